The minimum atomic E-state index is -0.411. The van der Waals surface area contributed by atoms with Crippen molar-refractivity contribution in [2.24, 2.45) is 0 Å². The molecule has 0 saturated carbocycles. The van der Waals surface area contributed by atoms with Gasteiger partial charge in [0.1, 0.15) is 6.61 Å². The molecule has 1 aliphatic rings. The zero-order valence-corrected chi connectivity index (χ0v) is 20.1. The average Bonchev–Trinajstić information content (AvgIpc) is 3.31. The van der Waals surface area contributed by atoms with Gasteiger partial charge in [0.15, 0.2) is 23.0 Å². The van der Waals surface area contributed by atoms with E-state index in [2.05, 4.69) is 26.6 Å². The Morgan fingerprint density at radius 1 is 1.03 bits per heavy atom. The Morgan fingerprint density at radius 2 is 1.82 bits per heavy atom. The summed E-state index contributed by atoms with van der Waals surface area (Å²) in [6.45, 7) is 2.62. The van der Waals surface area contributed by atoms with Gasteiger partial charge in [-0.05, 0) is 63.5 Å². The van der Waals surface area contributed by atoms with Crippen molar-refractivity contribution in [1.29, 1.82) is 0 Å². The minimum Gasteiger partial charge on any atom is -0.493 e. The van der Waals surface area contributed by atoms with Crippen LogP contribution in [0.25, 0.3) is 0 Å². The number of methoxy groups -OCH3 is 1. The van der Waals surface area contributed by atoms with Gasteiger partial charge >= 0.3 is 0 Å². The van der Waals surface area contributed by atoms with Crippen molar-refractivity contribution in [3.05, 3.63) is 80.3 Å². The van der Waals surface area contributed by atoms with Crippen LogP contribution >= 0.6 is 15.9 Å². The maximum atomic E-state index is 10.7. The molecule has 1 heterocycles. The summed E-state index contributed by atoms with van der Waals surface area (Å²) in [7, 11) is 1.61. The number of fused-ring (bicyclic) bond motifs is 1. The van der Waals surface area contributed by atoms with Gasteiger partial charge in [0, 0.05) is 37.5 Å². The fourth-order valence-corrected chi connectivity index (χ4v) is 4.03. The molecule has 2 N–H and O–H groups in total. The summed E-state index contributed by atoms with van der Waals surface area (Å²) in [5.41, 5.74) is 2.91. The number of nitrogens with zero attached hydrogens (tertiary/aromatic N) is 1. The van der Waals surface area contributed by atoms with E-state index in [9.17, 15) is 10.1 Å². The highest BCUT2D eigenvalue weighted by molar-refractivity contribution is 9.10. The first-order valence-electron chi connectivity index (χ1n) is 10.6. The third-order valence-corrected chi connectivity index (χ3v) is 5.74. The molecule has 3 aromatic carbocycles. The number of ether oxygens (including phenoxy) is 4. The number of nitro benzene ring substituents is 1. The van der Waals surface area contributed by atoms with Gasteiger partial charge in [-0.2, -0.15) is 0 Å². The molecule has 0 saturated heterocycles. The summed E-state index contributed by atoms with van der Waals surface area (Å²) < 4.78 is 23.2. The summed E-state index contributed by atoms with van der Waals surface area (Å²) in [6, 6.07) is 16.0. The first-order valence-corrected chi connectivity index (χ1v) is 11.4. The maximum Gasteiger partial charge on any atom is 0.269 e. The molecule has 9 nitrogen and oxygen atoms in total. The topological polar surface area (TPSA) is 104 Å². The number of nitro groups is 1. The van der Waals surface area contributed by atoms with Crippen LogP contribution in [-0.4, -0.2) is 31.9 Å². The van der Waals surface area contributed by atoms with Crippen LogP contribution in [0.1, 0.15) is 11.1 Å². The Morgan fingerprint density at radius 3 is 2.59 bits per heavy atom. The van der Waals surface area contributed by atoms with Gasteiger partial charge < -0.3 is 29.6 Å². The van der Waals surface area contributed by atoms with E-state index >= 15 is 0 Å². The van der Waals surface area contributed by atoms with Crippen molar-refractivity contribution >= 4 is 27.3 Å². The van der Waals surface area contributed by atoms with E-state index < -0.39 is 4.92 Å². The van der Waals surface area contributed by atoms with E-state index in [1.807, 2.05) is 30.3 Å². The molecule has 0 amide bonds. The van der Waals surface area contributed by atoms with Crippen LogP contribution in [0.15, 0.2) is 59.1 Å². The van der Waals surface area contributed by atoms with Crippen molar-refractivity contribution in [3.8, 4) is 23.0 Å². The van der Waals surface area contributed by atoms with E-state index in [1.54, 1.807) is 19.2 Å². The van der Waals surface area contributed by atoms with Gasteiger partial charge in [-0.1, -0.05) is 6.07 Å². The largest absolute Gasteiger partial charge is 0.493 e. The third-order valence-electron chi connectivity index (χ3n) is 5.15. The number of benzene rings is 3. The van der Waals surface area contributed by atoms with Crippen molar-refractivity contribution in [1.82, 2.24) is 5.32 Å². The summed E-state index contributed by atoms with van der Waals surface area (Å²) in [6.07, 6.45) is 0. The highest BCUT2D eigenvalue weighted by Crippen LogP contribution is 2.38. The van der Waals surface area contributed by atoms with Crippen LogP contribution < -0.4 is 29.6 Å². The van der Waals surface area contributed by atoms with E-state index in [0.717, 1.165) is 32.8 Å². The third kappa shape index (κ3) is 5.89. The lowest BCUT2D eigenvalue weighted by molar-refractivity contribution is -0.384. The molecule has 0 fully saturated rings. The number of non-ortho nitro benzene ring substituents is 1. The smallest absolute Gasteiger partial charge is 0.269 e. The van der Waals surface area contributed by atoms with Crippen molar-refractivity contribution < 1.29 is 23.9 Å². The molecular weight excluding hydrogens is 506 g/mol. The average molecular weight is 530 g/mol. The first-order chi connectivity index (χ1) is 16.5. The Labute approximate surface area is 205 Å². The Bertz CT molecular complexity index is 1160. The summed E-state index contributed by atoms with van der Waals surface area (Å²) in [5.74, 6) is 2.72. The summed E-state index contributed by atoms with van der Waals surface area (Å²) in [4.78, 5) is 10.3. The normalized spacial score (nSPS) is 11.8. The van der Waals surface area contributed by atoms with Gasteiger partial charge in [0.05, 0.1) is 16.5 Å². The lowest BCUT2D eigenvalue weighted by Gasteiger charge is -2.15. The van der Waals surface area contributed by atoms with Gasteiger partial charge in [-0.3, -0.25) is 10.1 Å². The molecule has 0 atom stereocenters. The lowest BCUT2D eigenvalue weighted by atomic mass is 10.2. The zero-order valence-electron chi connectivity index (χ0n) is 18.5. The SMILES string of the molecule is COc1cc(CNCCNc2ccc([N+](=O)[O-])cc2)cc(Br)c1OCc1ccc2c(c1)OCO2. The fraction of sp³-hybridized carbons (Fsp3) is 0.250. The second kappa shape index (κ2) is 11.1. The number of halogens is 1. The molecule has 0 radical (unpaired) electrons. The Kier molecular flexibility index (Phi) is 7.71. The van der Waals surface area contributed by atoms with Gasteiger partial charge in [0.25, 0.3) is 5.69 Å². The highest BCUT2D eigenvalue weighted by Gasteiger charge is 2.15. The molecule has 1 aliphatic heterocycles. The van der Waals surface area contributed by atoms with E-state index in [0.29, 0.717) is 37.7 Å². The van der Waals surface area contributed by atoms with Crippen LogP contribution in [-0.2, 0) is 13.2 Å². The summed E-state index contributed by atoms with van der Waals surface area (Å²) >= 11 is 3.59. The number of rotatable bonds is 11. The Balaban J connectivity index is 1.27. The predicted molar refractivity (Wildman–Crippen MR) is 131 cm³/mol. The Hall–Kier alpha value is -3.50. The molecule has 0 spiro atoms. The van der Waals surface area contributed by atoms with Crippen molar-refractivity contribution in [2.45, 2.75) is 13.2 Å². The van der Waals surface area contributed by atoms with E-state index in [1.165, 1.54) is 12.1 Å². The minimum absolute atomic E-state index is 0.0755. The molecule has 0 unspecified atom stereocenters. The van der Waals surface area contributed by atoms with E-state index in [4.69, 9.17) is 18.9 Å². The van der Waals surface area contributed by atoms with Crippen molar-refractivity contribution in [3.63, 3.8) is 0 Å². The molecule has 34 heavy (non-hydrogen) atoms. The molecule has 0 bridgehead atoms. The molecule has 0 aliphatic carbocycles. The van der Waals surface area contributed by atoms with Gasteiger partial charge in [0.2, 0.25) is 6.79 Å². The van der Waals surface area contributed by atoms with Crippen LogP contribution in [0.5, 0.6) is 23.0 Å². The molecule has 4 rings (SSSR count). The second-order valence-corrected chi connectivity index (χ2v) is 8.35. The number of hydrogen-bond donors (Lipinski definition) is 2. The second-order valence-electron chi connectivity index (χ2n) is 7.49. The van der Waals surface area contributed by atoms with Crippen LogP contribution in [0, 0.1) is 10.1 Å². The highest BCUT2D eigenvalue weighted by atomic mass is 79.9. The number of anilines is 1. The molecule has 3 aromatic rings. The standard InChI is InChI=1S/C24H24BrN3O6/c1-31-23-12-17(13-26-8-9-27-18-3-5-19(6-4-18)28(29)30)10-20(25)24(23)32-14-16-2-7-21-22(11-16)34-15-33-21/h2-7,10-12,26-27H,8-9,13-15H2,1H3. The number of nitrogens with one attached hydrogen (secondary N) is 2. The monoisotopic (exact) mass is 529 g/mol. The quantitative estimate of drug-likeness (QED) is 0.206. The van der Waals surface area contributed by atoms with E-state index in [-0.39, 0.29) is 12.5 Å². The summed E-state index contributed by atoms with van der Waals surface area (Å²) in [5, 5.41) is 17.3. The predicted octanol–water partition coefficient (Wildman–Crippen LogP) is 4.88. The van der Waals surface area contributed by atoms with Crippen LogP contribution in [0.3, 0.4) is 0 Å². The van der Waals surface area contributed by atoms with Gasteiger partial charge in [-0.25, -0.2) is 0 Å². The molecule has 0 aromatic heterocycles. The molecule has 178 valence electrons. The van der Waals surface area contributed by atoms with Crippen LogP contribution in [0.2, 0.25) is 0 Å². The first kappa shape index (κ1) is 23.7. The molecular formula is C24H24BrN3O6. The molecule has 10 heteroatoms. The lowest BCUT2D eigenvalue weighted by Crippen LogP contribution is -2.21. The zero-order chi connectivity index (χ0) is 23.9. The van der Waals surface area contributed by atoms with Crippen LogP contribution in [0.4, 0.5) is 11.4 Å². The maximum absolute atomic E-state index is 10.7. The van der Waals surface area contributed by atoms with Gasteiger partial charge in [-0.15, -0.1) is 0 Å². The number of hydrogen-bond acceptors (Lipinski definition) is 8. The van der Waals surface area contributed by atoms with Crippen molar-refractivity contribution in [2.75, 3.05) is 32.3 Å². The fourth-order valence-electron chi connectivity index (χ4n) is 3.43.